The molecule has 0 aliphatic carbocycles. The van der Waals surface area contributed by atoms with Gasteiger partial charge in [0.25, 0.3) is 10.1 Å². The van der Waals surface area contributed by atoms with Gasteiger partial charge in [-0.05, 0) is 6.07 Å². The molecule has 0 saturated carbocycles. The lowest BCUT2D eigenvalue weighted by Gasteiger charge is -2.07. The van der Waals surface area contributed by atoms with Crippen LogP contribution in [0.15, 0.2) is 12.3 Å². The highest BCUT2D eigenvalue weighted by Gasteiger charge is 2.09. The molecule has 0 atom stereocenters. The lowest BCUT2D eigenvalue weighted by atomic mass is 10.2. The summed E-state index contributed by atoms with van der Waals surface area (Å²) in [6, 6.07) is 1.23. The minimum absolute atomic E-state index is 0.146. The third-order valence-corrected chi connectivity index (χ3v) is 2.28. The first-order valence-electron chi connectivity index (χ1n) is 4.39. The first-order chi connectivity index (χ1) is 7.42. The molecule has 1 rings (SSSR count). The molecule has 0 saturated heterocycles. The third kappa shape index (κ3) is 4.21. The number of methoxy groups -OCH3 is 1. The molecular formula is C9H12FNO4S. The molecule has 7 heteroatoms. The van der Waals surface area contributed by atoms with E-state index in [0.717, 1.165) is 12.5 Å². The second-order valence-corrected chi connectivity index (χ2v) is 4.80. The largest absolute Gasteiger partial charge is 0.380 e. The van der Waals surface area contributed by atoms with Gasteiger partial charge < -0.3 is 4.74 Å². The van der Waals surface area contributed by atoms with Gasteiger partial charge in [0, 0.05) is 12.7 Å². The monoisotopic (exact) mass is 249 g/mol. The Hall–Kier alpha value is -1.05. The maximum absolute atomic E-state index is 12.9. The zero-order chi connectivity index (χ0) is 12.2. The lowest BCUT2D eigenvalue weighted by molar-refractivity contribution is 0.181. The van der Waals surface area contributed by atoms with Crippen molar-refractivity contribution in [2.45, 2.75) is 13.2 Å². The van der Waals surface area contributed by atoms with E-state index < -0.39 is 15.9 Å². The molecule has 90 valence electrons. The van der Waals surface area contributed by atoms with E-state index in [1.807, 2.05) is 0 Å². The summed E-state index contributed by atoms with van der Waals surface area (Å²) in [5.41, 5.74) is 0.805. The number of nitrogens with zero attached hydrogens (tertiary/aromatic N) is 1. The Bertz CT molecular complexity index is 461. The van der Waals surface area contributed by atoms with Gasteiger partial charge in [0.05, 0.1) is 24.8 Å². The Morgan fingerprint density at radius 3 is 2.69 bits per heavy atom. The summed E-state index contributed by atoms with van der Waals surface area (Å²) < 4.78 is 43.9. The van der Waals surface area contributed by atoms with E-state index in [-0.39, 0.29) is 13.2 Å². The average Bonchev–Trinajstić information content (AvgIpc) is 2.15. The Morgan fingerprint density at radius 1 is 1.44 bits per heavy atom. The van der Waals surface area contributed by atoms with Crippen molar-refractivity contribution in [1.29, 1.82) is 0 Å². The molecule has 0 bridgehead atoms. The Balaban J connectivity index is 2.86. The van der Waals surface area contributed by atoms with Crippen molar-refractivity contribution >= 4 is 10.1 Å². The summed E-state index contributed by atoms with van der Waals surface area (Å²) in [7, 11) is -2.09. The van der Waals surface area contributed by atoms with Crippen molar-refractivity contribution in [3.8, 4) is 0 Å². The predicted octanol–water partition coefficient (Wildman–Crippen LogP) is 0.843. The lowest BCUT2D eigenvalue weighted by Crippen LogP contribution is -2.07. The number of hydrogen-bond acceptors (Lipinski definition) is 5. The van der Waals surface area contributed by atoms with Gasteiger partial charge in [-0.25, -0.2) is 4.39 Å². The molecular weight excluding hydrogens is 237 g/mol. The normalized spacial score (nSPS) is 11.7. The molecule has 0 fully saturated rings. The van der Waals surface area contributed by atoms with Gasteiger partial charge >= 0.3 is 0 Å². The SMILES string of the molecule is COCc1cc(F)cnc1COS(C)(=O)=O. The highest BCUT2D eigenvalue weighted by Crippen LogP contribution is 2.11. The molecule has 0 radical (unpaired) electrons. The first kappa shape index (κ1) is 13.0. The standard InChI is InChI=1S/C9H12FNO4S/c1-14-5-7-3-8(10)4-11-9(7)6-15-16(2,12)13/h3-4H,5-6H2,1-2H3. The molecule has 0 aliphatic heterocycles. The Morgan fingerprint density at radius 2 is 2.12 bits per heavy atom. The number of ether oxygens (including phenoxy) is 1. The van der Waals surface area contributed by atoms with E-state index in [2.05, 4.69) is 9.17 Å². The fraction of sp³-hybridized carbons (Fsp3) is 0.444. The van der Waals surface area contributed by atoms with E-state index in [1.165, 1.54) is 13.2 Å². The van der Waals surface area contributed by atoms with E-state index in [1.54, 1.807) is 0 Å². The van der Waals surface area contributed by atoms with Gasteiger partial charge in [-0.2, -0.15) is 8.42 Å². The molecule has 0 N–H and O–H groups in total. The number of aromatic nitrogens is 1. The summed E-state index contributed by atoms with van der Waals surface area (Å²) in [6.07, 6.45) is 1.94. The second kappa shape index (κ2) is 5.33. The van der Waals surface area contributed by atoms with Crippen LogP contribution >= 0.6 is 0 Å². The van der Waals surface area contributed by atoms with Crippen molar-refractivity contribution in [3.05, 3.63) is 29.3 Å². The molecule has 1 aromatic rings. The minimum atomic E-state index is -3.54. The van der Waals surface area contributed by atoms with Crippen LogP contribution in [0.5, 0.6) is 0 Å². The first-order valence-corrected chi connectivity index (χ1v) is 6.20. The zero-order valence-corrected chi connectivity index (χ0v) is 9.75. The van der Waals surface area contributed by atoms with Crippen LogP contribution in [0.4, 0.5) is 4.39 Å². The van der Waals surface area contributed by atoms with Gasteiger partial charge in [-0.3, -0.25) is 9.17 Å². The fourth-order valence-electron chi connectivity index (χ4n) is 1.08. The van der Waals surface area contributed by atoms with Crippen LogP contribution in [0.2, 0.25) is 0 Å². The topological polar surface area (TPSA) is 65.5 Å². The molecule has 1 aromatic heterocycles. The molecule has 0 unspecified atom stereocenters. The maximum atomic E-state index is 12.9. The smallest absolute Gasteiger partial charge is 0.264 e. The van der Waals surface area contributed by atoms with Crippen LogP contribution in [-0.2, 0) is 32.3 Å². The minimum Gasteiger partial charge on any atom is -0.380 e. The van der Waals surface area contributed by atoms with Crippen molar-refractivity contribution in [3.63, 3.8) is 0 Å². The van der Waals surface area contributed by atoms with Gasteiger partial charge in [0.1, 0.15) is 12.4 Å². The Labute approximate surface area is 93.3 Å². The quantitative estimate of drug-likeness (QED) is 0.723. The van der Waals surface area contributed by atoms with Crippen LogP contribution in [0.1, 0.15) is 11.3 Å². The van der Waals surface area contributed by atoms with Crippen LogP contribution in [0, 0.1) is 5.82 Å². The second-order valence-electron chi connectivity index (χ2n) is 3.16. The van der Waals surface area contributed by atoms with Crippen molar-refractivity contribution in [1.82, 2.24) is 4.98 Å². The van der Waals surface area contributed by atoms with E-state index in [4.69, 9.17) is 4.74 Å². The summed E-state index contributed by atoms with van der Waals surface area (Å²) in [4.78, 5) is 3.76. The van der Waals surface area contributed by atoms with Crippen molar-refractivity contribution < 1.29 is 21.7 Å². The number of hydrogen-bond donors (Lipinski definition) is 0. The predicted molar refractivity (Wildman–Crippen MR) is 54.5 cm³/mol. The van der Waals surface area contributed by atoms with Gasteiger partial charge in [0.15, 0.2) is 0 Å². The highest BCUT2D eigenvalue weighted by molar-refractivity contribution is 7.85. The molecule has 16 heavy (non-hydrogen) atoms. The van der Waals surface area contributed by atoms with Gasteiger partial charge in [0.2, 0.25) is 0 Å². The summed E-state index contributed by atoms with van der Waals surface area (Å²) >= 11 is 0. The summed E-state index contributed by atoms with van der Waals surface area (Å²) in [5.74, 6) is -0.504. The van der Waals surface area contributed by atoms with Crippen LogP contribution in [0.3, 0.4) is 0 Å². The molecule has 0 spiro atoms. The molecule has 5 nitrogen and oxygen atoms in total. The van der Waals surface area contributed by atoms with Gasteiger partial charge in [-0.15, -0.1) is 0 Å². The molecule has 0 amide bonds. The number of rotatable bonds is 5. The average molecular weight is 249 g/mol. The number of halogens is 1. The van der Waals surface area contributed by atoms with Crippen molar-refractivity contribution in [2.75, 3.05) is 13.4 Å². The summed E-state index contributed by atoms with van der Waals surface area (Å²) in [5, 5.41) is 0. The highest BCUT2D eigenvalue weighted by atomic mass is 32.2. The van der Waals surface area contributed by atoms with E-state index >= 15 is 0 Å². The molecule has 0 aromatic carbocycles. The van der Waals surface area contributed by atoms with Crippen molar-refractivity contribution in [2.24, 2.45) is 0 Å². The summed E-state index contributed by atoms with van der Waals surface area (Å²) in [6.45, 7) is -0.0784. The third-order valence-electron chi connectivity index (χ3n) is 1.74. The van der Waals surface area contributed by atoms with Gasteiger partial charge in [-0.1, -0.05) is 0 Å². The number of pyridine rings is 1. The molecule has 1 heterocycles. The van der Waals surface area contributed by atoms with E-state index in [9.17, 15) is 12.8 Å². The molecule has 0 aliphatic rings. The van der Waals surface area contributed by atoms with Crippen LogP contribution < -0.4 is 0 Å². The Kier molecular flexibility index (Phi) is 4.34. The maximum Gasteiger partial charge on any atom is 0.264 e. The van der Waals surface area contributed by atoms with Crippen LogP contribution in [-0.4, -0.2) is 26.8 Å². The van der Waals surface area contributed by atoms with E-state index in [0.29, 0.717) is 11.3 Å². The zero-order valence-electron chi connectivity index (χ0n) is 8.94. The fourth-order valence-corrected chi connectivity index (χ4v) is 1.41. The van der Waals surface area contributed by atoms with Crippen LogP contribution in [0.25, 0.3) is 0 Å².